The molecule has 0 radical (unpaired) electrons. The van der Waals surface area contributed by atoms with Crippen LogP contribution in [0.5, 0.6) is 0 Å². The molecule has 0 spiro atoms. The summed E-state index contributed by atoms with van der Waals surface area (Å²) in [5, 5.41) is 0. The van der Waals surface area contributed by atoms with Gasteiger partial charge in [-0.15, -0.1) is 0 Å². The number of nitrogens with two attached hydrogens (primary N) is 1. The van der Waals surface area contributed by atoms with E-state index in [9.17, 15) is 4.79 Å². The molecule has 0 saturated carbocycles. The summed E-state index contributed by atoms with van der Waals surface area (Å²) in [6, 6.07) is 0. The minimum atomic E-state index is -0.343. The molecule has 0 aromatic heterocycles. The first kappa shape index (κ1) is 12.4. The van der Waals surface area contributed by atoms with Gasteiger partial charge in [0.05, 0.1) is 18.6 Å². The second-order valence-corrected chi connectivity index (χ2v) is 3.86. The number of hydrazine groups is 1. The fourth-order valence-corrected chi connectivity index (χ4v) is 1.83. The number of hydrogen-bond acceptors (Lipinski definition) is 6. The van der Waals surface area contributed by atoms with E-state index >= 15 is 0 Å². The first-order valence-corrected chi connectivity index (χ1v) is 5.15. The van der Waals surface area contributed by atoms with Crippen molar-refractivity contribution >= 4 is 5.97 Å². The highest BCUT2D eigenvalue weighted by Crippen LogP contribution is 2.10. The molecule has 1 aliphatic heterocycles. The minimum Gasteiger partial charge on any atom is -0.373 e. The number of rotatable bonds is 4. The summed E-state index contributed by atoms with van der Waals surface area (Å²) in [5.41, 5.74) is 1.88. The van der Waals surface area contributed by atoms with Crippen LogP contribution in [0, 0.1) is 0 Å². The van der Waals surface area contributed by atoms with Gasteiger partial charge in [0.15, 0.2) is 0 Å². The predicted molar refractivity (Wildman–Crippen MR) is 54.5 cm³/mol. The van der Waals surface area contributed by atoms with Gasteiger partial charge >= 0.3 is 5.97 Å². The molecular weight excluding hydrogens is 198 g/mol. The van der Waals surface area contributed by atoms with Gasteiger partial charge in [-0.1, -0.05) is 5.59 Å². The van der Waals surface area contributed by atoms with Crippen molar-refractivity contribution in [3.05, 3.63) is 0 Å². The Morgan fingerprint density at radius 3 is 2.67 bits per heavy atom. The Labute approximate surface area is 89.6 Å². The van der Waals surface area contributed by atoms with Gasteiger partial charge in [0, 0.05) is 19.6 Å². The number of nitrogens with zero attached hydrogens (tertiary/aromatic N) is 1. The van der Waals surface area contributed by atoms with Gasteiger partial charge in [0.1, 0.15) is 0 Å². The molecule has 0 bridgehead atoms. The molecule has 15 heavy (non-hydrogen) atoms. The number of ether oxygens (including phenoxy) is 1. The number of carbonyl (C=O) groups excluding carboxylic acids is 1. The van der Waals surface area contributed by atoms with Crippen LogP contribution in [-0.4, -0.2) is 42.7 Å². The summed E-state index contributed by atoms with van der Waals surface area (Å²) in [5.74, 6) is 4.51. The Balaban J connectivity index is 2.23. The van der Waals surface area contributed by atoms with E-state index in [2.05, 4.69) is 9.74 Å². The summed E-state index contributed by atoms with van der Waals surface area (Å²) in [4.78, 5) is 17.6. The molecular formula is C9H19N3O3. The lowest BCUT2D eigenvalue weighted by molar-refractivity contribution is -0.152. The molecule has 1 fully saturated rings. The van der Waals surface area contributed by atoms with Gasteiger partial charge in [-0.3, -0.25) is 9.69 Å². The van der Waals surface area contributed by atoms with Gasteiger partial charge in [-0.25, -0.2) is 5.84 Å². The van der Waals surface area contributed by atoms with Crippen LogP contribution in [0.25, 0.3) is 0 Å². The summed E-state index contributed by atoms with van der Waals surface area (Å²) in [6.45, 7) is 6.45. The minimum absolute atomic E-state index is 0.220. The normalized spacial score (nSPS) is 27.7. The molecule has 3 N–H and O–H groups in total. The van der Waals surface area contributed by atoms with Gasteiger partial charge in [0.2, 0.25) is 0 Å². The molecule has 1 heterocycles. The molecule has 0 aromatic rings. The maximum absolute atomic E-state index is 11.0. The van der Waals surface area contributed by atoms with E-state index in [-0.39, 0.29) is 18.2 Å². The molecule has 0 amide bonds. The zero-order chi connectivity index (χ0) is 11.3. The van der Waals surface area contributed by atoms with Crippen molar-refractivity contribution in [2.75, 3.05) is 19.6 Å². The Bertz CT molecular complexity index is 203. The first-order chi connectivity index (χ1) is 7.11. The fraction of sp³-hybridized carbons (Fsp3) is 0.889. The highest BCUT2D eigenvalue weighted by Gasteiger charge is 2.22. The third kappa shape index (κ3) is 4.57. The van der Waals surface area contributed by atoms with E-state index in [1.165, 1.54) is 0 Å². The van der Waals surface area contributed by atoms with Gasteiger partial charge in [0.25, 0.3) is 0 Å². The van der Waals surface area contributed by atoms with E-state index in [1.807, 2.05) is 19.4 Å². The van der Waals surface area contributed by atoms with Crippen LogP contribution in [0.4, 0.5) is 0 Å². The van der Waals surface area contributed by atoms with Crippen LogP contribution in [0.15, 0.2) is 0 Å². The Morgan fingerprint density at radius 1 is 1.53 bits per heavy atom. The lowest BCUT2D eigenvalue weighted by atomic mass is 10.2. The largest absolute Gasteiger partial charge is 0.373 e. The standard InChI is InChI=1S/C9H19N3O3/c1-7-5-12(6-8(2)14-7)4-3-9(13)15-11-10/h7-8,11H,3-6,10H2,1-2H3. The molecule has 1 rings (SSSR count). The number of hydrogen-bond donors (Lipinski definition) is 2. The van der Waals surface area contributed by atoms with E-state index in [0.29, 0.717) is 13.0 Å². The van der Waals surface area contributed by atoms with E-state index < -0.39 is 0 Å². The maximum Gasteiger partial charge on any atom is 0.327 e. The quantitative estimate of drug-likeness (QED) is 0.484. The lowest BCUT2D eigenvalue weighted by Gasteiger charge is -2.34. The molecule has 2 unspecified atom stereocenters. The Kier molecular flexibility index (Phi) is 4.97. The second-order valence-electron chi connectivity index (χ2n) is 3.86. The maximum atomic E-state index is 11.0. The van der Waals surface area contributed by atoms with Crippen molar-refractivity contribution in [2.24, 2.45) is 5.84 Å². The predicted octanol–water partition coefficient (Wildman–Crippen LogP) is -0.593. The van der Waals surface area contributed by atoms with Crippen LogP contribution in [-0.2, 0) is 14.4 Å². The number of carbonyl (C=O) groups is 1. The van der Waals surface area contributed by atoms with Crippen molar-refractivity contribution in [1.82, 2.24) is 10.5 Å². The molecule has 2 atom stereocenters. The van der Waals surface area contributed by atoms with Crippen LogP contribution in [0.3, 0.4) is 0 Å². The molecule has 0 aromatic carbocycles. The zero-order valence-corrected chi connectivity index (χ0v) is 9.23. The summed E-state index contributed by atoms with van der Waals surface area (Å²) >= 11 is 0. The molecule has 1 aliphatic rings. The average Bonchev–Trinajstić information content (AvgIpc) is 2.14. The van der Waals surface area contributed by atoms with Gasteiger partial charge < -0.3 is 9.57 Å². The van der Waals surface area contributed by atoms with Gasteiger partial charge in [-0.05, 0) is 13.8 Å². The first-order valence-electron chi connectivity index (χ1n) is 5.15. The van der Waals surface area contributed by atoms with Crippen molar-refractivity contribution in [2.45, 2.75) is 32.5 Å². The van der Waals surface area contributed by atoms with Crippen molar-refractivity contribution in [3.8, 4) is 0 Å². The van der Waals surface area contributed by atoms with Crippen LogP contribution in [0.1, 0.15) is 20.3 Å². The third-order valence-corrected chi connectivity index (χ3v) is 2.30. The van der Waals surface area contributed by atoms with Crippen LogP contribution >= 0.6 is 0 Å². The summed E-state index contributed by atoms with van der Waals surface area (Å²) in [7, 11) is 0. The zero-order valence-electron chi connectivity index (χ0n) is 9.23. The number of nitrogens with one attached hydrogen (secondary N) is 1. The average molecular weight is 217 g/mol. The van der Waals surface area contributed by atoms with E-state index in [1.54, 1.807) is 0 Å². The lowest BCUT2D eigenvalue weighted by Crippen LogP contribution is -2.46. The van der Waals surface area contributed by atoms with Crippen LogP contribution < -0.4 is 11.4 Å². The van der Waals surface area contributed by atoms with Crippen molar-refractivity contribution < 1.29 is 14.4 Å². The molecule has 0 aliphatic carbocycles. The smallest absolute Gasteiger partial charge is 0.327 e. The third-order valence-electron chi connectivity index (χ3n) is 2.30. The van der Waals surface area contributed by atoms with E-state index in [0.717, 1.165) is 13.1 Å². The van der Waals surface area contributed by atoms with Crippen molar-refractivity contribution in [1.29, 1.82) is 0 Å². The SMILES string of the molecule is CC1CN(CCC(=O)ONN)CC(C)O1. The highest BCUT2D eigenvalue weighted by molar-refractivity contribution is 5.69. The molecule has 1 saturated heterocycles. The number of morpholine rings is 1. The summed E-state index contributed by atoms with van der Waals surface area (Å²) in [6.07, 6.45) is 0.777. The van der Waals surface area contributed by atoms with E-state index in [4.69, 9.17) is 10.6 Å². The molecule has 88 valence electrons. The molecule has 6 nitrogen and oxygen atoms in total. The molecule has 6 heteroatoms. The summed E-state index contributed by atoms with van der Waals surface area (Å²) < 4.78 is 5.58. The van der Waals surface area contributed by atoms with Crippen LogP contribution in [0.2, 0.25) is 0 Å². The Hall–Kier alpha value is -0.690. The fourth-order valence-electron chi connectivity index (χ4n) is 1.83. The van der Waals surface area contributed by atoms with Gasteiger partial charge in [-0.2, -0.15) is 0 Å². The second kappa shape index (κ2) is 6.02. The Morgan fingerprint density at radius 2 is 2.13 bits per heavy atom. The monoisotopic (exact) mass is 217 g/mol. The topological polar surface area (TPSA) is 76.8 Å². The van der Waals surface area contributed by atoms with Crippen molar-refractivity contribution in [3.63, 3.8) is 0 Å². The highest BCUT2D eigenvalue weighted by atomic mass is 16.7.